The summed E-state index contributed by atoms with van der Waals surface area (Å²) in [6.07, 6.45) is 0.805. The number of hydrogen-bond acceptors (Lipinski definition) is 4. The van der Waals surface area contributed by atoms with Gasteiger partial charge in [0.2, 0.25) is 0 Å². The monoisotopic (exact) mass is 255 g/mol. The Bertz CT molecular complexity index is 442. The van der Waals surface area contributed by atoms with Crippen molar-refractivity contribution in [1.82, 2.24) is 4.90 Å². The highest BCUT2D eigenvalue weighted by atomic mass is 32.1. The van der Waals surface area contributed by atoms with Crippen LogP contribution in [0, 0.1) is 5.92 Å². The van der Waals surface area contributed by atoms with Crippen molar-refractivity contribution in [1.29, 1.82) is 0 Å². The maximum absolute atomic E-state index is 12.0. The SMILES string of the molecule is O=C(O)c1ccc(C(=O)N2CCC(CO)C2)s1. The van der Waals surface area contributed by atoms with Crippen LogP contribution in [-0.2, 0) is 0 Å². The van der Waals surface area contributed by atoms with E-state index in [2.05, 4.69) is 0 Å². The molecule has 2 N–H and O–H groups in total. The van der Waals surface area contributed by atoms with Crippen LogP contribution in [-0.4, -0.2) is 46.7 Å². The summed E-state index contributed by atoms with van der Waals surface area (Å²) in [6.45, 7) is 1.27. The van der Waals surface area contributed by atoms with E-state index in [0.717, 1.165) is 17.8 Å². The highest BCUT2D eigenvalue weighted by molar-refractivity contribution is 7.15. The van der Waals surface area contributed by atoms with E-state index in [1.807, 2.05) is 0 Å². The molecule has 1 amide bonds. The normalized spacial score (nSPS) is 19.6. The Kier molecular flexibility index (Phi) is 3.44. The predicted octanol–water partition coefficient (Wildman–Crippen LogP) is 0.901. The van der Waals surface area contributed by atoms with Crippen LogP contribution in [0.1, 0.15) is 25.8 Å². The Hall–Kier alpha value is -1.40. The summed E-state index contributed by atoms with van der Waals surface area (Å²) in [5.74, 6) is -1.000. The summed E-state index contributed by atoms with van der Waals surface area (Å²) in [6, 6.07) is 2.99. The summed E-state index contributed by atoms with van der Waals surface area (Å²) in [5, 5.41) is 17.8. The molecule has 17 heavy (non-hydrogen) atoms. The number of aliphatic hydroxyl groups is 1. The first-order valence-electron chi connectivity index (χ1n) is 5.35. The number of carbonyl (C=O) groups excluding carboxylic acids is 1. The highest BCUT2D eigenvalue weighted by Gasteiger charge is 2.27. The van der Waals surface area contributed by atoms with Crippen LogP contribution >= 0.6 is 11.3 Å². The lowest BCUT2D eigenvalue weighted by atomic mass is 10.1. The van der Waals surface area contributed by atoms with Gasteiger partial charge in [0.25, 0.3) is 5.91 Å². The quantitative estimate of drug-likeness (QED) is 0.841. The van der Waals surface area contributed by atoms with E-state index in [4.69, 9.17) is 10.2 Å². The van der Waals surface area contributed by atoms with Crippen LogP contribution in [0.15, 0.2) is 12.1 Å². The Morgan fingerprint density at radius 1 is 1.41 bits per heavy atom. The van der Waals surface area contributed by atoms with Gasteiger partial charge in [-0.15, -0.1) is 11.3 Å². The fourth-order valence-corrected chi connectivity index (χ4v) is 2.70. The topological polar surface area (TPSA) is 77.8 Å². The van der Waals surface area contributed by atoms with Gasteiger partial charge in [0.15, 0.2) is 0 Å². The smallest absolute Gasteiger partial charge is 0.345 e. The van der Waals surface area contributed by atoms with Crippen molar-refractivity contribution in [2.45, 2.75) is 6.42 Å². The second kappa shape index (κ2) is 4.85. The molecule has 1 saturated heterocycles. The summed E-state index contributed by atoms with van der Waals surface area (Å²) >= 11 is 0.992. The minimum absolute atomic E-state index is 0.0919. The van der Waals surface area contributed by atoms with Crippen molar-refractivity contribution in [2.24, 2.45) is 5.92 Å². The number of nitrogens with zero attached hydrogens (tertiary/aromatic N) is 1. The van der Waals surface area contributed by atoms with E-state index in [0.29, 0.717) is 18.0 Å². The highest BCUT2D eigenvalue weighted by Crippen LogP contribution is 2.22. The maximum Gasteiger partial charge on any atom is 0.345 e. The lowest BCUT2D eigenvalue weighted by molar-refractivity contribution is 0.0701. The van der Waals surface area contributed by atoms with Gasteiger partial charge >= 0.3 is 5.97 Å². The van der Waals surface area contributed by atoms with Gasteiger partial charge in [0.1, 0.15) is 4.88 Å². The summed E-state index contributed by atoms with van der Waals surface area (Å²) in [5.41, 5.74) is 0. The van der Waals surface area contributed by atoms with Crippen LogP contribution in [0.4, 0.5) is 0 Å². The Morgan fingerprint density at radius 3 is 2.65 bits per heavy atom. The first kappa shape index (κ1) is 12.1. The number of rotatable bonds is 3. The molecule has 92 valence electrons. The molecule has 0 aromatic carbocycles. The molecule has 1 aromatic heterocycles. The van der Waals surface area contributed by atoms with Gasteiger partial charge in [-0.3, -0.25) is 4.79 Å². The number of carbonyl (C=O) groups is 2. The molecule has 0 bridgehead atoms. The second-order valence-corrected chi connectivity index (χ2v) is 5.14. The molecule has 5 nitrogen and oxygen atoms in total. The number of amides is 1. The van der Waals surface area contributed by atoms with Crippen molar-refractivity contribution in [3.8, 4) is 0 Å². The average Bonchev–Trinajstić information content (AvgIpc) is 2.97. The van der Waals surface area contributed by atoms with E-state index in [-0.39, 0.29) is 23.3 Å². The van der Waals surface area contributed by atoms with E-state index < -0.39 is 5.97 Å². The van der Waals surface area contributed by atoms with Crippen molar-refractivity contribution >= 4 is 23.2 Å². The molecule has 1 aromatic rings. The lowest BCUT2D eigenvalue weighted by Crippen LogP contribution is -2.28. The number of hydrogen-bond donors (Lipinski definition) is 2. The Labute approximate surface area is 102 Å². The summed E-state index contributed by atoms with van der Waals surface area (Å²) in [7, 11) is 0. The average molecular weight is 255 g/mol. The fraction of sp³-hybridized carbons (Fsp3) is 0.455. The number of aliphatic hydroxyl groups excluding tert-OH is 1. The van der Waals surface area contributed by atoms with Crippen LogP contribution in [0.3, 0.4) is 0 Å². The van der Waals surface area contributed by atoms with Crippen molar-refractivity contribution in [2.75, 3.05) is 19.7 Å². The molecule has 1 fully saturated rings. The van der Waals surface area contributed by atoms with Crippen molar-refractivity contribution < 1.29 is 19.8 Å². The molecule has 1 atom stereocenters. The van der Waals surface area contributed by atoms with Gasteiger partial charge in [0, 0.05) is 25.6 Å². The fourth-order valence-electron chi connectivity index (χ4n) is 1.89. The maximum atomic E-state index is 12.0. The van der Waals surface area contributed by atoms with Gasteiger partial charge in [-0.1, -0.05) is 0 Å². The molecule has 6 heteroatoms. The van der Waals surface area contributed by atoms with Gasteiger partial charge in [0.05, 0.1) is 4.88 Å². The molecule has 0 aliphatic carbocycles. The van der Waals surface area contributed by atoms with Crippen LogP contribution in [0.2, 0.25) is 0 Å². The minimum Gasteiger partial charge on any atom is -0.477 e. The number of thiophene rings is 1. The van der Waals surface area contributed by atoms with Crippen LogP contribution < -0.4 is 0 Å². The van der Waals surface area contributed by atoms with E-state index >= 15 is 0 Å². The zero-order valence-electron chi connectivity index (χ0n) is 9.13. The molecular formula is C11H13NO4S. The number of aromatic carboxylic acids is 1. The first-order chi connectivity index (χ1) is 8.11. The first-order valence-corrected chi connectivity index (χ1v) is 6.16. The predicted molar refractivity (Wildman–Crippen MR) is 62.4 cm³/mol. The molecule has 0 radical (unpaired) electrons. The summed E-state index contributed by atoms with van der Waals surface area (Å²) < 4.78 is 0. The standard InChI is InChI=1S/C11H13NO4S/c13-6-7-3-4-12(5-7)10(14)8-1-2-9(17-8)11(15)16/h1-2,7,13H,3-6H2,(H,15,16). The second-order valence-electron chi connectivity index (χ2n) is 4.06. The third-order valence-electron chi connectivity index (χ3n) is 2.86. The van der Waals surface area contributed by atoms with E-state index in [9.17, 15) is 9.59 Å². The molecule has 1 aliphatic rings. The molecular weight excluding hydrogens is 242 g/mol. The minimum atomic E-state index is -1.01. The van der Waals surface area contributed by atoms with Gasteiger partial charge < -0.3 is 15.1 Å². The van der Waals surface area contributed by atoms with Crippen LogP contribution in [0.25, 0.3) is 0 Å². The molecule has 1 unspecified atom stereocenters. The Morgan fingerprint density at radius 2 is 2.12 bits per heavy atom. The van der Waals surface area contributed by atoms with Crippen LogP contribution in [0.5, 0.6) is 0 Å². The summed E-state index contributed by atoms with van der Waals surface area (Å²) in [4.78, 5) is 25.0. The molecule has 2 rings (SSSR count). The lowest BCUT2D eigenvalue weighted by Gasteiger charge is -2.14. The largest absolute Gasteiger partial charge is 0.477 e. The zero-order chi connectivity index (χ0) is 12.4. The molecule has 0 saturated carbocycles. The number of carboxylic acids is 1. The molecule has 1 aliphatic heterocycles. The Balaban J connectivity index is 2.07. The molecule has 0 spiro atoms. The zero-order valence-corrected chi connectivity index (χ0v) is 9.94. The third kappa shape index (κ3) is 2.48. The number of likely N-dealkylation sites (tertiary alicyclic amines) is 1. The number of carboxylic acid groups (broad SMARTS) is 1. The van der Waals surface area contributed by atoms with Gasteiger partial charge in [-0.25, -0.2) is 4.79 Å². The van der Waals surface area contributed by atoms with Gasteiger partial charge in [-0.2, -0.15) is 0 Å². The van der Waals surface area contributed by atoms with E-state index in [1.165, 1.54) is 6.07 Å². The van der Waals surface area contributed by atoms with Gasteiger partial charge in [-0.05, 0) is 18.6 Å². The molecule has 2 heterocycles. The third-order valence-corrected chi connectivity index (χ3v) is 3.92. The van der Waals surface area contributed by atoms with E-state index in [1.54, 1.807) is 11.0 Å². The van der Waals surface area contributed by atoms with Crippen molar-refractivity contribution in [3.63, 3.8) is 0 Å². The van der Waals surface area contributed by atoms with Crippen molar-refractivity contribution in [3.05, 3.63) is 21.9 Å².